The molecule has 85 heavy (non-hydrogen) atoms. The molecule has 0 unspecified atom stereocenters. The molecule has 0 saturated heterocycles. The number of hydrogen-bond donors (Lipinski definition) is 0. The predicted molar refractivity (Wildman–Crippen MR) is 307 cm³/mol. The Morgan fingerprint density at radius 1 is 0.329 bits per heavy atom. The van der Waals surface area contributed by atoms with Gasteiger partial charge in [-0.25, -0.2) is 25.3 Å². The fourth-order valence-corrected chi connectivity index (χ4v) is 16.1. The van der Waals surface area contributed by atoms with Crippen LogP contribution in [-0.2, 0) is 52.1 Å². The first-order valence-electron chi connectivity index (χ1n) is 24.5. The molecule has 0 N–H and O–H groups in total. The van der Waals surface area contributed by atoms with Crippen LogP contribution in [0, 0.1) is 62.5 Å². The number of aryl methyl sites for hydroxylation is 8. The first kappa shape index (κ1) is 70.7. The van der Waals surface area contributed by atoms with Crippen LogP contribution in [0.1, 0.15) is 44.5 Å². The zero-order chi connectivity index (χ0) is 63.6. The zero-order valence-corrected chi connectivity index (χ0v) is 53.9. The molecule has 0 aliphatic rings. The van der Waals surface area contributed by atoms with E-state index in [0.717, 1.165) is 0 Å². The maximum Gasteiger partial charge on any atom is 0.485 e. The molecule has 8 aromatic rings. The van der Waals surface area contributed by atoms with Crippen LogP contribution in [0.25, 0.3) is 0 Å². The number of hydrogen-bond acceptors (Lipinski definition) is 11. The molecule has 0 saturated carbocycles. The molecular weight excluding hydrogens is 1370 g/mol. The van der Waals surface area contributed by atoms with Gasteiger partial charge in [-0.05, 0) is 177 Å². The van der Waals surface area contributed by atoms with Gasteiger partial charge < -0.3 is 13.7 Å². The van der Waals surface area contributed by atoms with Crippen molar-refractivity contribution < 1.29 is 99.6 Å². The molecule has 8 aromatic carbocycles. The normalized spacial score (nSPS) is 12.2. The summed E-state index contributed by atoms with van der Waals surface area (Å²) in [6.45, 7) is 17.8. The van der Waals surface area contributed by atoms with Gasteiger partial charge in [0.25, 0.3) is 0 Å². The Kier molecular flexibility index (Phi) is 24.4. The summed E-state index contributed by atoms with van der Waals surface area (Å²) in [6, 6.07) is 64.7. The molecule has 8 rings (SSSR count). The van der Waals surface area contributed by atoms with Crippen LogP contribution < -0.4 is 21.2 Å². The maximum atomic E-state index is 10.7. The van der Waals surface area contributed by atoms with E-state index < -0.39 is 46.9 Å². The van der Waals surface area contributed by atoms with E-state index in [-0.39, 0.29) is 43.0 Å². The van der Waals surface area contributed by atoms with Gasteiger partial charge >= 0.3 is 37.7 Å². The van der Waals surface area contributed by atoms with Gasteiger partial charge in [-0.1, -0.05) is 94.3 Å². The highest BCUT2D eigenvalue weighted by Gasteiger charge is 2.39. The lowest BCUT2D eigenvalue weighted by Gasteiger charge is -2.13. The predicted octanol–water partition coefficient (Wildman–Crippen LogP) is 12.9. The van der Waals surface area contributed by atoms with E-state index in [1.807, 2.05) is 23.5 Å². The van der Waals surface area contributed by atoms with Crippen molar-refractivity contribution in [1.82, 2.24) is 0 Å². The summed E-state index contributed by atoms with van der Waals surface area (Å²) in [5.74, 6) is 0. The van der Waals surface area contributed by atoms with E-state index in [1.165, 1.54) is 101 Å². The average molecular weight is 1430 g/mol. The average Bonchev–Trinajstić information content (AvgIpc) is 1.44. The smallest absolute Gasteiger partial charge is 0.485 e. The van der Waals surface area contributed by atoms with Gasteiger partial charge in [0.1, 0.15) is 0 Å². The highest BCUT2D eigenvalue weighted by molar-refractivity contribution is 8.00. The minimum absolute atomic E-state index is 0.168. The van der Waals surface area contributed by atoms with Crippen LogP contribution in [0.5, 0.6) is 0 Å². The summed E-state index contributed by atoms with van der Waals surface area (Å²) >= 11 is 3.42. The molecule has 0 aliphatic carbocycles. The molecule has 0 fully saturated rings. The summed E-state index contributed by atoms with van der Waals surface area (Å²) in [6.07, 6.45) is 0. The van der Waals surface area contributed by atoms with Gasteiger partial charge in [0, 0.05) is 41.8 Å². The minimum atomic E-state index is -6.09. The van der Waals surface area contributed by atoms with E-state index in [4.69, 9.17) is 38.9 Å². The molecule has 0 bridgehead atoms. The van der Waals surface area contributed by atoms with Gasteiger partial charge in [-0.2, -0.15) is 39.5 Å². The van der Waals surface area contributed by atoms with Gasteiger partial charge in [-0.3, -0.25) is 0 Å². The number of alkyl halides is 9. The molecule has 454 valence electrons. The van der Waals surface area contributed by atoms with Crippen LogP contribution >= 0.6 is 23.5 Å². The topological polar surface area (TPSA) is 172 Å². The first-order valence-corrected chi connectivity index (χ1v) is 34.9. The molecule has 9 nitrogen and oxygen atoms in total. The number of halogens is 10. The van der Waals surface area contributed by atoms with E-state index in [9.17, 15) is 39.5 Å². The summed E-state index contributed by atoms with van der Waals surface area (Å²) in [5, 5.41) is 0. The second-order valence-corrected chi connectivity index (χ2v) is 31.9. The van der Waals surface area contributed by atoms with Crippen molar-refractivity contribution in [3.63, 3.8) is 0 Å². The third-order valence-corrected chi connectivity index (χ3v) is 23.0. The highest BCUT2D eigenvalue weighted by Crippen LogP contribution is 2.39. The Bertz CT molecular complexity index is 3550. The van der Waals surface area contributed by atoms with Crippen molar-refractivity contribution in [2.45, 2.75) is 121 Å². The SMILES string of the molecule is Cc1ccc([S+](c2ccc(Sc3ccc([I+]c4ccc(Sc5ccc([S+](c6ccc(C)cc6C)c6ccc(C)cc6C)cc5)cc4)cc3)cc2)c2ccc(C)cc2C)c(C)c1.O=S(=O)([O-])C(F)(F)F.O=S(=O)([O-])C(F)(F)F.O=S(=O)([O-])C(F)(F)F. The molecule has 0 heterocycles. The molecule has 0 aliphatic heterocycles. The molecule has 0 aromatic heterocycles. The van der Waals surface area contributed by atoms with E-state index in [1.54, 1.807) is 0 Å². The second-order valence-electron chi connectivity index (χ2n) is 18.5. The largest absolute Gasteiger partial charge is 0.741 e. The Hall–Kier alpha value is -5.01. The molecule has 0 amide bonds. The van der Waals surface area contributed by atoms with Crippen LogP contribution in [0.15, 0.2) is 219 Å². The third kappa shape index (κ3) is 20.8. The summed E-state index contributed by atoms with van der Waals surface area (Å²) in [7, 11) is -18.6. The van der Waals surface area contributed by atoms with Crippen molar-refractivity contribution in [3.8, 4) is 0 Å². The Morgan fingerprint density at radius 2 is 0.518 bits per heavy atom. The lowest BCUT2D eigenvalue weighted by atomic mass is 10.2. The highest BCUT2D eigenvalue weighted by atomic mass is 127. The lowest BCUT2D eigenvalue weighted by Crippen LogP contribution is -3.61. The van der Waals surface area contributed by atoms with Gasteiger partial charge in [0.15, 0.2) is 66.9 Å². The Balaban J connectivity index is 0.000000461. The summed E-state index contributed by atoms with van der Waals surface area (Å²) in [5.41, 5.74) is -6.29. The van der Waals surface area contributed by atoms with Crippen molar-refractivity contribution in [3.05, 3.63) is 222 Å². The Labute approximate surface area is 513 Å². The van der Waals surface area contributed by atoms with Crippen molar-refractivity contribution >= 4 is 75.7 Å². The van der Waals surface area contributed by atoms with Gasteiger partial charge in [0.05, 0.1) is 21.8 Å². The monoisotopic (exact) mass is 1430 g/mol. The number of rotatable bonds is 12. The fourth-order valence-electron chi connectivity index (χ4n) is 7.68. The van der Waals surface area contributed by atoms with Crippen molar-refractivity contribution in [2.24, 2.45) is 0 Å². The van der Waals surface area contributed by atoms with Gasteiger partial charge in [0.2, 0.25) is 0 Å². The summed E-state index contributed by atoms with van der Waals surface area (Å²) < 4.78 is 180. The van der Waals surface area contributed by atoms with Gasteiger partial charge in [-0.15, -0.1) is 0 Å². The third-order valence-electron chi connectivity index (χ3n) is 11.5. The van der Waals surface area contributed by atoms with Crippen LogP contribution in [0.4, 0.5) is 39.5 Å². The quantitative estimate of drug-likeness (QED) is 0.0375. The fraction of sp³-hybridized carbons (Fsp3) is 0.186. The zero-order valence-electron chi connectivity index (χ0n) is 46.0. The molecule has 0 spiro atoms. The second kappa shape index (κ2) is 29.3. The first-order chi connectivity index (χ1) is 39.2. The van der Waals surface area contributed by atoms with E-state index in [2.05, 4.69) is 225 Å². The van der Waals surface area contributed by atoms with Crippen LogP contribution in [0.2, 0.25) is 0 Å². The number of benzene rings is 8. The maximum absolute atomic E-state index is 10.7. The standard InChI is InChI=1S/C56H52IS4.3CHF3O3S/c1-37-9-29-53(41(5)33-37)60(54-30-10-38(2)34-42(54)6)51-25-21-49(22-26-51)58-47-17-13-45(14-18-47)57-46-15-19-48(20-16-46)59-50-23-27-52(28-24-50)61(55-31-11-39(3)35-43(55)7)56-32-12-40(4)36-44(56)8;3*2-1(3,4)8(5,6)7/h9-36H,1-8H3;3*(H,5,6,7)/q+3;;;/p-3. The minimum Gasteiger partial charge on any atom is -0.741 e. The lowest BCUT2D eigenvalue weighted by molar-refractivity contribution is -0.597. The molecule has 26 heteroatoms. The Morgan fingerprint density at radius 3 is 0.694 bits per heavy atom. The van der Waals surface area contributed by atoms with Crippen LogP contribution in [0.3, 0.4) is 0 Å². The van der Waals surface area contributed by atoms with Crippen molar-refractivity contribution in [2.75, 3.05) is 0 Å². The molecule has 0 radical (unpaired) electrons. The van der Waals surface area contributed by atoms with Crippen LogP contribution in [-0.4, -0.2) is 55.4 Å². The van der Waals surface area contributed by atoms with E-state index >= 15 is 0 Å². The van der Waals surface area contributed by atoms with E-state index in [0.29, 0.717) is 0 Å². The molecule has 0 atom stereocenters. The van der Waals surface area contributed by atoms with Crippen molar-refractivity contribution in [1.29, 1.82) is 0 Å². The summed E-state index contributed by atoms with van der Waals surface area (Å²) in [4.78, 5) is 13.4. The molecular formula is C59H52F9IO9S7.